The smallest absolute Gasteiger partial charge is 0.335 e. The topological polar surface area (TPSA) is 92.1 Å². The summed E-state index contributed by atoms with van der Waals surface area (Å²) < 4.78 is 7.53. The van der Waals surface area contributed by atoms with E-state index in [1.807, 2.05) is 18.2 Å². The second-order valence-electron chi connectivity index (χ2n) is 7.94. The van der Waals surface area contributed by atoms with Crippen molar-refractivity contribution in [3.63, 3.8) is 0 Å². The number of urea groups is 1. The normalized spacial score (nSPS) is 17.8. The Balaban J connectivity index is 1.68. The average Bonchev–Trinajstić information content (AvgIpc) is 3.09. The van der Waals surface area contributed by atoms with Crippen LogP contribution in [0.1, 0.15) is 33.1 Å². The summed E-state index contributed by atoms with van der Waals surface area (Å²) in [4.78, 5) is 39.6. The van der Waals surface area contributed by atoms with Crippen molar-refractivity contribution in [1.82, 2.24) is 14.4 Å². The molecule has 8 heteroatoms. The van der Waals surface area contributed by atoms with Crippen molar-refractivity contribution in [2.24, 2.45) is 0 Å². The number of aromatic carboxylic acids is 1. The first kappa shape index (κ1) is 19.2. The number of aromatic nitrogens is 1. The second-order valence-corrected chi connectivity index (χ2v) is 7.94. The highest BCUT2D eigenvalue weighted by atomic mass is 16.5. The van der Waals surface area contributed by atoms with Crippen molar-refractivity contribution in [2.75, 3.05) is 20.7 Å². The van der Waals surface area contributed by atoms with Crippen LogP contribution in [0, 0.1) is 0 Å². The lowest BCUT2D eigenvalue weighted by molar-refractivity contribution is -0.132. The number of carbonyl (C=O) groups is 3. The van der Waals surface area contributed by atoms with Gasteiger partial charge in [0.15, 0.2) is 0 Å². The van der Waals surface area contributed by atoms with Gasteiger partial charge in [-0.1, -0.05) is 12.1 Å². The van der Waals surface area contributed by atoms with Crippen molar-refractivity contribution in [2.45, 2.75) is 19.0 Å². The second kappa shape index (κ2) is 6.87. The van der Waals surface area contributed by atoms with Gasteiger partial charge in [0.1, 0.15) is 5.75 Å². The maximum atomic E-state index is 12.9. The van der Waals surface area contributed by atoms with Gasteiger partial charge in [0, 0.05) is 37.3 Å². The Morgan fingerprint density at radius 2 is 1.90 bits per heavy atom. The summed E-state index contributed by atoms with van der Waals surface area (Å²) in [5, 5.41) is 10.1. The van der Waals surface area contributed by atoms with Crippen molar-refractivity contribution < 1.29 is 24.2 Å². The average molecular weight is 419 g/mol. The van der Waals surface area contributed by atoms with Gasteiger partial charge in [-0.15, -0.1) is 0 Å². The number of carbonyl (C=O) groups excluding carboxylic acids is 2. The van der Waals surface area contributed by atoms with Crippen LogP contribution in [0.25, 0.3) is 10.9 Å². The zero-order valence-corrected chi connectivity index (χ0v) is 17.2. The number of methoxy groups -OCH3 is 1. The molecule has 0 saturated carbocycles. The number of benzene rings is 2. The molecule has 3 amide bonds. The van der Waals surface area contributed by atoms with E-state index in [1.165, 1.54) is 11.9 Å². The van der Waals surface area contributed by atoms with E-state index in [4.69, 9.17) is 9.84 Å². The standard InChI is InChI=1S/C23H21N3O5/c1-24-21(27)17-11-25(23(24)30)12-19-20(17)16-8-7-15(31-2)9-18(16)26(19)10-13-3-5-14(6-4-13)22(28)29/h3-9,17H,10-12H2,1-2H3,(H,28,29). The molecule has 1 N–H and O–H groups in total. The summed E-state index contributed by atoms with van der Waals surface area (Å²) in [6, 6.07) is 12.2. The lowest BCUT2D eigenvalue weighted by Crippen LogP contribution is -2.56. The van der Waals surface area contributed by atoms with E-state index < -0.39 is 11.9 Å². The SMILES string of the molecule is COc1ccc2c3c(n(Cc4ccc(C(=O)O)cc4)c2c1)CN1CC3C(=O)N(C)C1=O. The summed E-state index contributed by atoms with van der Waals surface area (Å²) in [7, 11) is 3.13. The fourth-order valence-corrected chi connectivity index (χ4v) is 4.66. The molecule has 31 heavy (non-hydrogen) atoms. The molecule has 2 aliphatic rings. The first-order valence-corrected chi connectivity index (χ1v) is 9.96. The number of hydrogen-bond donors (Lipinski definition) is 1. The summed E-state index contributed by atoms with van der Waals surface area (Å²) in [6.07, 6.45) is 0. The van der Waals surface area contributed by atoms with Crippen LogP contribution in [-0.4, -0.2) is 58.1 Å². The molecular weight excluding hydrogens is 398 g/mol. The number of rotatable bonds is 4. The molecule has 0 spiro atoms. The molecule has 1 aromatic heterocycles. The fraction of sp³-hybridized carbons (Fsp3) is 0.261. The largest absolute Gasteiger partial charge is 0.497 e. The van der Waals surface area contributed by atoms with Crippen LogP contribution in [0.5, 0.6) is 5.75 Å². The van der Waals surface area contributed by atoms with Crippen LogP contribution < -0.4 is 4.74 Å². The van der Waals surface area contributed by atoms with E-state index in [9.17, 15) is 14.4 Å². The Hall–Kier alpha value is -3.81. The van der Waals surface area contributed by atoms with Gasteiger partial charge in [-0.05, 0) is 35.4 Å². The number of nitrogens with zero attached hydrogens (tertiary/aromatic N) is 3. The molecule has 0 radical (unpaired) electrons. The van der Waals surface area contributed by atoms with Crippen LogP contribution in [-0.2, 0) is 17.9 Å². The highest BCUT2D eigenvalue weighted by Gasteiger charge is 2.44. The summed E-state index contributed by atoms with van der Waals surface area (Å²) in [6.45, 7) is 1.28. The van der Waals surface area contributed by atoms with Gasteiger partial charge in [0.05, 0.1) is 30.7 Å². The van der Waals surface area contributed by atoms with E-state index >= 15 is 0 Å². The lowest BCUT2D eigenvalue weighted by Gasteiger charge is -2.41. The summed E-state index contributed by atoms with van der Waals surface area (Å²) >= 11 is 0. The third-order valence-electron chi connectivity index (χ3n) is 6.24. The Bertz CT molecular complexity index is 1240. The zero-order valence-electron chi connectivity index (χ0n) is 17.2. The summed E-state index contributed by atoms with van der Waals surface area (Å²) in [5.41, 5.74) is 3.96. The Morgan fingerprint density at radius 3 is 2.58 bits per heavy atom. The number of hydrogen-bond acceptors (Lipinski definition) is 4. The van der Waals surface area contributed by atoms with Crippen LogP contribution >= 0.6 is 0 Å². The Kier molecular flexibility index (Phi) is 4.25. The number of carboxylic acid groups (broad SMARTS) is 1. The number of imide groups is 1. The molecule has 1 atom stereocenters. The van der Waals surface area contributed by atoms with Crippen LogP contribution in [0.3, 0.4) is 0 Å². The van der Waals surface area contributed by atoms with Crippen molar-refractivity contribution >= 4 is 28.8 Å². The molecule has 1 unspecified atom stereocenters. The monoisotopic (exact) mass is 419 g/mol. The molecule has 0 aliphatic carbocycles. The molecule has 8 nitrogen and oxygen atoms in total. The Labute approximate surface area is 178 Å². The minimum atomic E-state index is -0.971. The van der Waals surface area contributed by atoms with Gasteiger partial charge in [-0.2, -0.15) is 0 Å². The van der Waals surface area contributed by atoms with E-state index in [0.29, 0.717) is 25.4 Å². The number of carboxylic acids is 1. The van der Waals surface area contributed by atoms with E-state index in [1.54, 1.807) is 36.3 Å². The van der Waals surface area contributed by atoms with Gasteiger partial charge in [-0.25, -0.2) is 9.59 Å². The quantitative estimate of drug-likeness (QED) is 0.702. The van der Waals surface area contributed by atoms with Gasteiger partial charge in [0.2, 0.25) is 5.91 Å². The molecule has 2 aliphatic heterocycles. The minimum absolute atomic E-state index is 0.192. The number of likely N-dealkylation sites (N-methyl/N-ethyl adjacent to an activating group) is 1. The number of amides is 3. The third-order valence-corrected chi connectivity index (χ3v) is 6.24. The zero-order chi connectivity index (χ0) is 21.9. The van der Waals surface area contributed by atoms with E-state index in [2.05, 4.69) is 4.57 Å². The maximum Gasteiger partial charge on any atom is 0.335 e. The van der Waals surface area contributed by atoms with E-state index in [-0.39, 0.29) is 17.5 Å². The molecule has 2 aromatic carbocycles. The van der Waals surface area contributed by atoms with E-state index in [0.717, 1.165) is 27.7 Å². The summed E-state index contributed by atoms with van der Waals surface area (Å²) in [5.74, 6) is -0.865. The van der Waals surface area contributed by atoms with Crippen molar-refractivity contribution in [3.8, 4) is 5.75 Å². The molecule has 158 valence electrons. The first-order chi connectivity index (χ1) is 14.9. The third kappa shape index (κ3) is 2.86. The van der Waals surface area contributed by atoms with Crippen molar-refractivity contribution in [1.29, 1.82) is 0 Å². The van der Waals surface area contributed by atoms with Crippen LogP contribution in [0.2, 0.25) is 0 Å². The minimum Gasteiger partial charge on any atom is -0.497 e. The molecule has 3 heterocycles. The molecule has 1 saturated heterocycles. The highest BCUT2D eigenvalue weighted by Crippen LogP contribution is 2.41. The molecule has 2 bridgehead atoms. The van der Waals surface area contributed by atoms with Gasteiger partial charge >= 0.3 is 12.0 Å². The first-order valence-electron chi connectivity index (χ1n) is 9.96. The highest BCUT2D eigenvalue weighted by molar-refractivity contribution is 6.04. The predicted octanol–water partition coefficient (Wildman–Crippen LogP) is 2.89. The van der Waals surface area contributed by atoms with Gasteiger partial charge in [0.25, 0.3) is 0 Å². The van der Waals surface area contributed by atoms with Gasteiger partial charge in [-0.3, -0.25) is 9.69 Å². The van der Waals surface area contributed by atoms with Crippen LogP contribution in [0.4, 0.5) is 4.79 Å². The Morgan fingerprint density at radius 1 is 1.16 bits per heavy atom. The predicted molar refractivity (Wildman–Crippen MR) is 112 cm³/mol. The lowest BCUT2D eigenvalue weighted by atomic mass is 9.89. The fourth-order valence-electron chi connectivity index (χ4n) is 4.66. The maximum absolute atomic E-state index is 12.9. The van der Waals surface area contributed by atoms with Crippen molar-refractivity contribution in [3.05, 3.63) is 64.8 Å². The number of ether oxygens (including phenoxy) is 1. The molecule has 3 aromatic rings. The molecule has 5 rings (SSSR count). The molecular formula is C23H21N3O5. The van der Waals surface area contributed by atoms with Crippen LogP contribution in [0.15, 0.2) is 42.5 Å². The molecule has 1 fully saturated rings. The number of fused-ring (bicyclic) bond motifs is 6. The van der Waals surface area contributed by atoms with Gasteiger partial charge < -0.3 is 19.3 Å².